The molecule has 0 radical (unpaired) electrons. The number of nitrogens with one attached hydrogen (secondary N) is 2. The van der Waals surface area contributed by atoms with Gasteiger partial charge in [-0.1, -0.05) is 36.0 Å². The van der Waals surface area contributed by atoms with Gasteiger partial charge in [0.2, 0.25) is 5.91 Å². The summed E-state index contributed by atoms with van der Waals surface area (Å²) in [6.07, 6.45) is 4.42. The maximum atomic E-state index is 11.9. The molecule has 1 atom stereocenters. The van der Waals surface area contributed by atoms with Gasteiger partial charge in [0.25, 0.3) is 11.1 Å². The highest BCUT2D eigenvalue weighted by molar-refractivity contribution is 8.15. The van der Waals surface area contributed by atoms with Crippen LogP contribution >= 0.6 is 11.8 Å². The number of pyridine rings is 1. The monoisotopic (exact) mass is 355 g/mol. The fraction of sp³-hybridized carbons (Fsp3) is 0.222. The minimum Gasteiger partial charge on any atom is -0.352 e. The maximum Gasteiger partial charge on any atom is 0.286 e. The number of hydrogen-bond acceptors (Lipinski definition) is 5. The summed E-state index contributed by atoms with van der Waals surface area (Å²) in [5.74, 6) is -0.342. The first kappa shape index (κ1) is 17.2. The van der Waals surface area contributed by atoms with Gasteiger partial charge in [0.15, 0.2) is 0 Å². The van der Waals surface area contributed by atoms with Crippen LogP contribution in [-0.4, -0.2) is 33.8 Å². The van der Waals surface area contributed by atoms with Gasteiger partial charge in [-0.2, -0.15) is 0 Å². The summed E-state index contributed by atoms with van der Waals surface area (Å²) in [5, 5.41) is 4.53. The molecule has 1 saturated heterocycles. The minimum absolute atomic E-state index is 0.118. The number of nitrogens with zero attached hydrogens (tertiary/aromatic N) is 1. The highest BCUT2D eigenvalue weighted by Gasteiger charge is 2.31. The van der Waals surface area contributed by atoms with Crippen LogP contribution in [0.4, 0.5) is 4.79 Å². The molecule has 0 aliphatic carbocycles. The van der Waals surface area contributed by atoms with E-state index in [4.69, 9.17) is 0 Å². The summed E-state index contributed by atoms with van der Waals surface area (Å²) < 4.78 is 0. The normalized spacial score (nSPS) is 16.6. The Balaban J connectivity index is 1.47. The van der Waals surface area contributed by atoms with Crippen molar-refractivity contribution >= 4 is 28.8 Å². The van der Waals surface area contributed by atoms with Gasteiger partial charge in [-0.3, -0.25) is 24.7 Å². The van der Waals surface area contributed by atoms with E-state index in [9.17, 15) is 14.4 Å². The van der Waals surface area contributed by atoms with Crippen LogP contribution < -0.4 is 10.6 Å². The van der Waals surface area contributed by atoms with E-state index in [1.165, 1.54) is 0 Å². The van der Waals surface area contributed by atoms with Crippen LogP contribution in [0.5, 0.6) is 0 Å². The van der Waals surface area contributed by atoms with E-state index in [0.717, 1.165) is 22.9 Å². The predicted molar refractivity (Wildman–Crippen MR) is 95.3 cm³/mol. The van der Waals surface area contributed by atoms with E-state index >= 15 is 0 Å². The second-order valence-corrected chi connectivity index (χ2v) is 6.82. The fourth-order valence-electron chi connectivity index (χ4n) is 2.51. The number of rotatable bonds is 6. The molecule has 3 rings (SSSR count). The van der Waals surface area contributed by atoms with Crippen molar-refractivity contribution in [2.45, 2.75) is 18.1 Å². The molecule has 2 heterocycles. The number of benzene rings is 1. The molecule has 7 heteroatoms. The second kappa shape index (κ2) is 7.94. The van der Waals surface area contributed by atoms with Crippen LogP contribution in [0, 0.1) is 0 Å². The second-order valence-electron chi connectivity index (χ2n) is 5.65. The number of imide groups is 1. The van der Waals surface area contributed by atoms with E-state index in [1.54, 1.807) is 24.5 Å². The zero-order valence-corrected chi connectivity index (χ0v) is 14.2. The lowest BCUT2D eigenvalue weighted by Gasteiger charge is -2.08. The van der Waals surface area contributed by atoms with Crippen LogP contribution in [0.3, 0.4) is 0 Å². The number of hydrogen-bond donors (Lipinski definition) is 2. The lowest BCUT2D eigenvalue weighted by atomic mass is 10.1. The zero-order valence-electron chi connectivity index (χ0n) is 13.4. The SMILES string of the molecule is O=C1NC(=O)[C@@H](Cc2ccc(CCNC(=O)c3ccncc3)cc2)S1. The molecule has 1 aliphatic rings. The van der Waals surface area contributed by atoms with Gasteiger partial charge in [-0.25, -0.2) is 0 Å². The first-order valence-electron chi connectivity index (χ1n) is 7.89. The number of aromatic nitrogens is 1. The molecule has 0 unspecified atom stereocenters. The molecule has 1 aromatic carbocycles. The Bertz CT molecular complexity index is 778. The molecule has 3 amide bonds. The van der Waals surface area contributed by atoms with Crippen LogP contribution in [-0.2, 0) is 17.6 Å². The summed E-state index contributed by atoms with van der Waals surface area (Å²) in [5.41, 5.74) is 2.69. The van der Waals surface area contributed by atoms with Gasteiger partial charge >= 0.3 is 0 Å². The average molecular weight is 355 g/mol. The van der Waals surface area contributed by atoms with Crippen molar-refractivity contribution < 1.29 is 14.4 Å². The number of thioether (sulfide) groups is 1. The largest absolute Gasteiger partial charge is 0.352 e. The van der Waals surface area contributed by atoms with Gasteiger partial charge in [0, 0.05) is 24.5 Å². The number of amides is 3. The Kier molecular flexibility index (Phi) is 5.45. The molecule has 25 heavy (non-hydrogen) atoms. The van der Waals surface area contributed by atoms with Crippen molar-refractivity contribution in [3.05, 3.63) is 65.5 Å². The Morgan fingerprint density at radius 1 is 1.08 bits per heavy atom. The van der Waals surface area contributed by atoms with E-state index < -0.39 is 0 Å². The van der Waals surface area contributed by atoms with E-state index in [1.807, 2.05) is 24.3 Å². The average Bonchev–Trinajstić information content (AvgIpc) is 2.94. The van der Waals surface area contributed by atoms with Crippen molar-refractivity contribution in [2.24, 2.45) is 0 Å². The van der Waals surface area contributed by atoms with Crippen LogP contribution in [0.2, 0.25) is 0 Å². The minimum atomic E-state index is -0.349. The molecule has 0 spiro atoms. The fourth-order valence-corrected chi connectivity index (χ4v) is 3.37. The molecule has 128 valence electrons. The van der Waals surface area contributed by atoms with E-state index in [-0.39, 0.29) is 22.3 Å². The molecule has 0 bridgehead atoms. The highest BCUT2D eigenvalue weighted by Crippen LogP contribution is 2.23. The third kappa shape index (κ3) is 4.67. The van der Waals surface area contributed by atoms with Gasteiger partial charge in [0.1, 0.15) is 0 Å². The van der Waals surface area contributed by atoms with Crippen LogP contribution in [0.15, 0.2) is 48.8 Å². The van der Waals surface area contributed by atoms with Gasteiger partial charge < -0.3 is 5.32 Å². The third-order valence-electron chi connectivity index (χ3n) is 3.85. The van der Waals surface area contributed by atoms with Gasteiger partial charge in [-0.05, 0) is 36.1 Å². The molecule has 1 aromatic heterocycles. The van der Waals surface area contributed by atoms with Gasteiger partial charge in [0.05, 0.1) is 5.25 Å². The molecule has 0 saturated carbocycles. The quantitative estimate of drug-likeness (QED) is 0.827. The first-order valence-corrected chi connectivity index (χ1v) is 8.77. The standard InChI is InChI=1S/C18H17N3O3S/c22-16(14-6-8-19-9-7-14)20-10-5-12-1-3-13(4-2-12)11-15-17(23)21-18(24)25-15/h1-4,6-9,15H,5,10-11H2,(H,20,22)(H,21,23,24)/t15-/m1/s1. The third-order valence-corrected chi connectivity index (χ3v) is 4.83. The summed E-state index contributed by atoms with van der Waals surface area (Å²) in [6, 6.07) is 11.2. The Morgan fingerprint density at radius 2 is 1.76 bits per heavy atom. The van der Waals surface area contributed by atoms with Crippen molar-refractivity contribution in [1.29, 1.82) is 0 Å². The summed E-state index contributed by atoms with van der Waals surface area (Å²) in [7, 11) is 0. The van der Waals surface area contributed by atoms with Crippen molar-refractivity contribution in [3.8, 4) is 0 Å². The molecule has 1 aliphatic heterocycles. The summed E-state index contributed by atoms with van der Waals surface area (Å²) >= 11 is 1.04. The summed E-state index contributed by atoms with van der Waals surface area (Å²) in [4.78, 5) is 38.6. The van der Waals surface area contributed by atoms with Crippen molar-refractivity contribution in [2.75, 3.05) is 6.54 Å². The van der Waals surface area contributed by atoms with Gasteiger partial charge in [-0.15, -0.1) is 0 Å². The maximum absolute atomic E-state index is 11.9. The Hall–Kier alpha value is -2.67. The molecule has 2 N–H and O–H groups in total. The Morgan fingerprint density at radius 3 is 2.40 bits per heavy atom. The zero-order chi connectivity index (χ0) is 17.6. The van der Waals surface area contributed by atoms with Crippen LogP contribution in [0.25, 0.3) is 0 Å². The topological polar surface area (TPSA) is 88.2 Å². The number of carbonyl (C=O) groups excluding carboxylic acids is 3. The number of carbonyl (C=O) groups is 3. The highest BCUT2D eigenvalue weighted by atomic mass is 32.2. The van der Waals surface area contributed by atoms with Crippen LogP contribution in [0.1, 0.15) is 21.5 Å². The lowest BCUT2D eigenvalue weighted by Crippen LogP contribution is -2.25. The molecule has 2 aromatic rings. The Labute approximate surface area is 149 Å². The molecular formula is C18H17N3O3S. The molecular weight excluding hydrogens is 338 g/mol. The van der Waals surface area contributed by atoms with Crippen molar-refractivity contribution in [1.82, 2.24) is 15.6 Å². The smallest absolute Gasteiger partial charge is 0.286 e. The first-order chi connectivity index (χ1) is 12.1. The predicted octanol–water partition coefficient (Wildman–Crippen LogP) is 1.95. The lowest BCUT2D eigenvalue weighted by molar-refractivity contribution is -0.118. The van der Waals surface area contributed by atoms with Crippen molar-refractivity contribution in [3.63, 3.8) is 0 Å². The molecule has 6 nitrogen and oxygen atoms in total. The summed E-state index contributed by atoms with van der Waals surface area (Å²) in [6.45, 7) is 0.538. The van der Waals surface area contributed by atoms with E-state index in [0.29, 0.717) is 24.9 Å². The van der Waals surface area contributed by atoms with E-state index in [2.05, 4.69) is 15.6 Å². The molecule has 1 fully saturated rings.